The van der Waals surface area contributed by atoms with E-state index >= 15 is 0 Å². The molecule has 1 aliphatic rings. The van der Waals surface area contributed by atoms with Crippen LogP contribution in [0.15, 0.2) is 53.0 Å². The molecule has 0 bridgehead atoms. The Hall–Kier alpha value is -1.78. The van der Waals surface area contributed by atoms with Crippen LogP contribution in [0.25, 0.3) is 5.57 Å². The van der Waals surface area contributed by atoms with E-state index in [1.165, 1.54) is 30.4 Å². The van der Waals surface area contributed by atoms with E-state index in [4.69, 9.17) is 9.57 Å². The molecule has 0 N–H and O–H groups in total. The van der Waals surface area contributed by atoms with Crippen molar-refractivity contribution < 1.29 is 9.57 Å². The maximum atomic E-state index is 5.94. The summed E-state index contributed by atoms with van der Waals surface area (Å²) in [7, 11) is 1.99. The monoisotopic (exact) mass is 415 g/mol. The molecule has 4 heteroatoms. The summed E-state index contributed by atoms with van der Waals surface area (Å²) >= 11 is 3.49. The number of nitrogens with zero attached hydrogens (tertiary/aromatic N) is 1. The van der Waals surface area contributed by atoms with E-state index in [-0.39, 0.29) is 0 Å². The van der Waals surface area contributed by atoms with Crippen molar-refractivity contribution in [2.75, 3.05) is 20.2 Å². The Labute approximate surface area is 164 Å². The van der Waals surface area contributed by atoms with Crippen molar-refractivity contribution in [3.05, 3.63) is 64.1 Å². The first kappa shape index (κ1) is 19.0. The molecule has 1 aliphatic heterocycles. The van der Waals surface area contributed by atoms with Crippen molar-refractivity contribution in [3.63, 3.8) is 0 Å². The minimum Gasteiger partial charge on any atom is -0.489 e. The average molecular weight is 416 g/mol. The molecule has 0 unspecified atom stereocenters. The summed E-state index contributed by atoms with van der Waals surface area (Å²) in [5, 5.41) is 1.91. The lowest BCUT2D eigenvalue weighted by Crippen LogP contribution is -2.23. The fraction of sp³-hybridized carbons (Fsp3) is 0.364. The molecular formula is C22H26BrNO2. The van der Waals surface area contributed by atoms with Gasteiger partial charge in [0.05, 0.1) is 0 Å². The highest BCUT2D eigenvalue weighted by Gasteiger charge is 2.17. The van der Waals surface area contributed by atoms with Crippen LogP contribution in [-0.4, -0.2) is 25.3 Å². The third kappa shape index (κ3) is 4.89. The van der Waals surface area contributed by atoms with Crippen LogP contribution in [0.5, 0.6) is 11.5 Å². The van der Waals surface area contributed by atoms with Crippen LogP contribution < -0.4 is 9.57 Å². The first-order chi connectivity index (χ1) is 12.7. The number of halogens is 1. The first-order valence-electron chi connectivity index (χ1n) is 9.30. The molecule has 3 rings (SSSR count). The van der Waals surface area contributed by atoms with Crippen molar-refractivity contribution in [2.45, 2.75) is 32.6 Å². The molecule has 0 amide bonds. The zero-order chi connectivity index (χ0) is 18.4. The van der Waals surface area contributed by atoms with Gasteiger partial charge in [-0.15, -0.1) is 5.06 Å². The molecule has 138 valence electrons. The second-order valence-electron chi connectivity index (χ2n) is 6.60. The molecule has 2 aromatic rings. The Bertz CT molecular complexity index is 755. The number of benzene rings is 2. The van der Waals surface area contributed by atoms with Gasteiger partial charge < -0.3 is 9.57 Å². The van der Waals surface area contributed by atoms with E-state index in [0.717, 1.165) is 34.5 Å². The van der Waals surface area contributed by atoms with Crippen LogP contribution in [0.2, 0.25) is 0 Å². The Kier molecular flexibility index (Phi) is 6.75. The third-order valence-electron chi connectivity index (χ3n) is 4.51. The van der Waals surface area contributed by atoms with Crippen molar-refractivity contribution in [1.82, 2.24) is 5.06 Å². The summed E-state index contributed by atoms with van der Waals surface area (Å²) in [5.41, 5.74) is 3.51. The van der Waals surface area contributed by atoms with Gasteiger partial charge in [0.25, 0.3) is 0 Å². The van der Waals surface area contributed by atoms with Gasteiger partial charge in [0.1, 0.15) is 12.4 Å². The van der Waals surface area contributed by atoms with E-state index in [1.807, 2.05) is 24.2 Å². The van der Waals surface area contributed by atoms with E-state index in [0.29, 0.717) is 6.61 Å². The van der Waals surface area contributed by atoms with Gasteiger partial charge in [-0.3, -0.25) is 0 Å². The topological polar surface area (TPSA) is 21.7 Å². The fourth-order valence-corrected chi connectivity index (χ4v) is 3.38. The van der Waals surface area contributed by atoms with E-state index < -0.39 is 0 Å². The molecule has 0 radical (unpaired) electrons. The molecule has 0 fully saturated rings. The summed E-state index contributed by atoms with van der Waals surface area (Å²) < 4.78 is 6.93. The highest BCUT2D eigenvalue weighted by molar-refractivity contribution is 9.10. The highest BCUT2D eigenvalue weighted by Crippen LogP contribution is 2.37. The maximum Gasteiger partial charge on any atom is 0.151 e. The zero-order valence-corrected chi connectivity index (χ0v) is 17.1. The second-order valence-corrected chi connectivity index (χ2v) is 7.51. The molecule has 0 atom stereocenters. The molecule has 26 heavy (non-hydrogen) atoms. The minimum atomic E-state index is 0.578. The second kappa shape index (κ2) is 9.24. The Balaban J connectivity index is 1.69. The highest BCUT2D eigenvalue weighted by atomic mass is 79.9. The third-order valence-corrected chi connectivity index (χ3v) is 5.04. The largest absolute Gasteiger partial charge is 0.489 e. The molecule has 0 aromatic heterocycles. The number of unbranched alkanes of at least 4 members (excludes halogenated alkanes) is 3. The molecule has 2 aromatic carbocycles. The normalized spacial score (nSPS) is 13.2. The van der Waals surface area contributed by atoms with Crippen LogP contribution in [0.4, 0.5) is 0 Å². The quantitative estimate of drug-likeness (QED) is 0.385. The Morgan fingerprint density at radius 1 is 1.08 bits per heavy atom. The van der Waals surface area contributed by atoms with Gasteiger partial charge in [0.2, 0.25) is 0 Å². The van der Waals surface area contributed by atoms with Crippen LogP contribution in [0.1, 0.15) is 43.7 Å². The predicted molar refractivity (Wildman–Crippen MR) is 111 cm³/mol. The summed E-state index contributed by atoms with van der Waals surface area (Å²) in [6, 6.07) is 14.5. The van der Waals surface area contributed by atoms with E-state index in [9.17, 15) is 0 Å². The molecule has 0 spiro atoms. The minimum absolute atomic E-state index is 0.578. The van der Waals surface area contributed by atoms with Crippen molar-refractivity contribution in [1.29, 1.82) is 0 Å². The number of ether oxygens (including phenoxy) is 1. The summed E-state index contributed by atoms with van der Waals surface area (Å²) in [6.07, 6.45) is 7.07. The number of hydrogen-bond acceptors (Lipinski definition) is 3. The lowest BCUT2D eigenvalue weighted by molar-refractivity contribution is -0.0329. The standard InChI is InChI=1S/C22H26BrNO2/c1-3-4-5-6-14-24(2)26-19-11-12-21-20(13-15-25-22(21)16-19)17-7-9-18(23)10-8-17/h7-13,16H,3-6,14-15H2,1-2H3. The van der Waals surface area contributed by atoms with Gasteiger partial charge in [0, 0.05) is 29.7 Å². The van der Waals surface area contributed by atoms with Crippen molar-refractivity contribution in [3.8, 4) is 11.5 Å². The van der Waals surface area contributed by atoms with Gasteiger partial charge >= 0.3 is 0 Å². The van der Waals surface area contributed by atoms with E-state index in [2.05, 4.69) is 59.3 Å². The van der Waals surface area contributed by atoms with Gasteiger partial charge in [-0.1, -0.05) is 54.2 Å². The number of fused-ring (bicyclic) bond motifs is 1. The van der Waals surface area contributed by atoms with E-state index in [1.54, 1.807) is 0 Å². The molecule has 0 aliphatic carbocycles. The van der Waals surface area contributed by atoms with Gasteiger partial charge in [-0.25, -0.2) is 0 Å². The van der Waals surface area contributed by atoms with Crippen LogP contribution in [0, 0.1) is 0 Å². The van der Waals surface area contributed by atoms with Crippen LogP contribution in [0.3, 0.4) is 0 Å². The predicted octanol–water partition coefficient (Wildman–Crippen LogP) is 6.08. The number of rotatable bonds is 8. The molecule has 0 saturated heterocycles. The average Bonchev–Trinajstić information content (AvgIpc) is 2.65. The molecular weight excluding hydrogens is 390 g/mol. The van der Waals surface area contributed by atoms with Gasteiger partial charge in [-0.05, 0) is 47.9 Å². The van der Waals surface area contributed by atoms with Crippen molar-refractivity contribution >= 4 is 21.5 Å². The Morgan fingerprint density at radius 3 is 2.65 bits per heavy atom. The smallest absolute Gasteiger partial charge is 0.151 e. The molecule has 3 nitrogen and oxygen atoms in total. The number of hydroxylamine groups is 2. The summed E-state index contributed by atoms with van der Waals surface area (Å²) in [4.78, 5) is 5.94. The lowest BCUT2D eigenvalue weighted by atomic mass is 9.95. The summed E-state index contributed by atoms with van der Waals surface area (Å²) in [5.74, 6) is 1.70. The van der Waals surface area contributed by atoms with Crippen LogP contribution >= 0.6 is 15.9 Å². The molecule has 0 saturated carbocycles. The zero-order valence-electron chi connectivity index (χ0n) is 15.5. The SMILES string of the molecule is CCCCCCN(C)Oc1ccc2c(c1)OCC=C2c1ccc(Br)cc1. The Morgan fingerprint density at radius 2 is 1.88 bits per heavy atom. The first-order valence-corrected chi connectivity index (χ1v) is 10.1. The number of hydrogen-bond donors (Lipinski definition) is 0. The van der Waals surface area contributed by atoms with Crippen molar-refractivity contribution in [2.24, 2.45) is 0 Å². The molecule has 1 heterocycles. The summed E-state index contributed by atoms with van der Waals surface area (Å²) in [6.45, 7) is 3.74. The fourth-order valence-electron chi connectivity index (χ4n) is 3.12. The van der Waals surface area contributed by atoms with Crippen LogP contribution in [-0.2, 0) is 0 Å². The lowest BCUT2D eigenvalue weighted by Gasteiger charge is -2.22. The van der Waals surface area contributed by atoms with Gasteiger partial charge in [0.15, 0.2) is 5.75 Å². The van der Waals surface area contributed by atoms with Gasteiger partial charge in [-0.2, -0.15) is 0 Å². The maximum absolute atomic E-state index is 5.94.